The molecule has 0 radical (unpaired) electrons. The molecule has 0 atom stereocenters. The minimum absolute atomic E-state index is 0.863. The van der Waals surface area contributed by atoms with Crippen molar-refractivity contribution in [1.82, 2.24) is 0 Å². The molecule has 17 heavy (non-hydrogen) atoms. The lowest BCUT2D eigenvalue weighted by atomic mass is 10.0. The van der Waals surface area contributed by atoms with E-state index in [1.54, 1.807) is 7.11 Å². The van der Waals surface area contributed by atoms with Gasteiger partial charge >= 0.3 is 0 Å². The number of hydrogen-bond acceptors (Lipinski definition) is 2. The quantitative estimate of drug-likeness (QED) is 0.815. The number of anilines is 1. The van der Waals surface area contributed by atoms with Crippen molar-refractivity contribution in [2.24, 2.45) is 0 Å². The molecule has 0 unspecified atom stereocenters. The third-order valence-corrected chi connectivity index (χ3v) is 2.91. The van der Waals surface area contributed by atoms with Gasteiger partial charge in [0, 0.05) is 5.69 Å². The largest absolute Gasteiger partial charge is 0.496 e. The lowest BCUT2D eigenvalue weighted by molar-refractivity contribution is 0.409. The molecule has 0 saturated carbocycles. The zero-order valence-corrected chi connectivity index (χ0v) is 10.0. The molecule has 0 heterocycles. The van der Waals surface area contributed by atoms with E-state index < -0.39 is 0 Å². The van der Waals surface area contributed by atoms with Crippen LogP contribution in [0.4, 0.5) is 5.69 Å². The maximum absolute atomic E-state index is 5.92. The molecule has 2 N–H and O–H groups in total. The molecular weight excluding hydrogens is 210 g/mol. The van der Waals surface area contributed by atoms with Crippen molar-refractivity contribution in [3.05, 3.63) is 59.7 Å². The molecule has 0 aliphatic heterocycles. The van der Waals surface area contributed by atoms with Crippen LogP contribution in [0.5, 0.6) is 5.75 Å². The summed E-state index contributed by atoms with van der Waals surface area (Å²) in [7, 11) is 1.70. The summed E-state index contributed by atoms with van der Waals surface area (Å²) in [5.74, 6) is 0.946. The number of rotatable bonds is 4. The van der Waals surface area contributed by atoms with Gasteiger partial charge in [0.15, 0.2) is 0 Å². The van der Waals surface area contributed by atoms with Gasteiger partial charge < -0.3 is 10.5 Å². The maximum Gasteiger partial charge on any atom is 0.122 e. The Morgan fingerprint density at radius 1 is 0.882 bits per heavy atom. The minimum Gasteiger partial charge on any atom is -0.496 e. The summed E-state index contributed by atoms with van der Waals surface area (Å²) in [6, 6.07) is 16.1. The van der Waals surface area contributed by atoms with Gasteiger partial charge in [-0.3, -0.25) is 0 Å². The van der Waals surface area contributed by atoms with Crippen molar-refractivity contribution in [1.29, 1.82) is 0 Å². The van der Waals surface area contributed by atoms with E-state index in [1.807, 2.05) is 36.4 Å². The van der Waals surface area contributed by atoms with Crippen molar-refractivity contribution in [3.63, 3.8) is 0 Å². The zero-order valence-electron chi connectivity index (χ0n) is 10.0. The number of nitrogens with two attached hydrogens (primary N) is 1. The Balaban J connectivity index is 2.10. The van der Waals surface area contributed by atoms with Crippen LogP contribution in [-0.4, -0.2) is 7.11 Å². The number of para-hydroxylation sites is 2. The van der Waals surface area contributed by atoms with Gasteiger partial charge in [0.25, 0.3) is 0 Å². The monoisotopic (exact) mass is 227 g/mol. The van der Waals surface area contributed by atoms with Crippen molar-refractivity contribution in [2.75, 3.05) is 12.8 Å². The lowest BCUT2D eigenvalue weighted by Crippen LogP contribution is -1.98. The highest BCUT2D eigenvalue weighted by atomic mass is 16.5. The Hall–Kier alpha value is -1.96. The smallest absolute Gasteiger partial charge is 0.122 e. The van der Waals surface area contributed by atoms with Crippen LogP contribution in [0.1, 0.15) is 11.1 Å². The molecule has 0 bridgehead atoms. The summed E-state index contributed by atoms with van der Waals surface area (Å²) in [5.41, 5.74) is 9.20. The van der Waals surface area contributed by atoms with E-state index in [4.69, 9.17) is 10.5 Å². The summed E-state index contributed by atoms with van der Waals surface area (Å²) >= 11 is 0. The van der Waals surface area contributed by atoms with E-state index >= 15 is 0 Å². The molecule has 88 valence electrons. The molecule has 0 spiro atoms. The number of methoxy groups -OCH3 is 1. The summed E-state index contributed by atoms with van der Waals surface area (Å²) in [6.45, 7) is 0. The molecule has 2 rings (SSSR count). The molecule has 0 aliphatic carbocycles. The van der Waals surface area contributed by atoms with E-state index in [9.17, 15) is 0 Å². The fourth-order valence-corrected chi connectivity index (χ4v) is 1.94. The molecule has 0 amide bonds. The Morgan fingerprint density at radius 3 is 2.18 bits per heavy atom. The topological polar surface area (TPSA) is 35.2 Å². The summed E-state index contributed by atoms with van der Waals surface area (Å²) in [5, 5.41) is 0. The highest BCUT2D eigenvalue weighted by Crippen LogP contribution is 2.20. The van der Waals surface area contributed by atoms with Crippen molar-refractivity contribution >= 4 is 5.69 Å². The van der Waals surface area contributed by atoms with Crippen LogP contribution in [-0.2, 0) is 12.8 Å². The van der Waals surface area contributed by atoms with Crippen LogP contribution in [0, 0.1) is 0 Å². The molecule has 2 aromatic rings. The first-order valence-corrected chi connectivity index (χ1v) is 5.76. The van der Waals surface area contributed by atoms with E-state index in [1.165, 1.54) is 11.1 Å². The molecule has 2 heteroatoms. The van der Waals surface area contributed by atoms with Crippen molar-refractivity contribution in [2.45, 2.75) is 12.8 Å². The summed E-state index contributed by atoms with van der Waals surface area (Å²) in [4.78, 5) is 0. The Morgan fingerprint density at radius 2 is 1.47 bits per heavy atom. The fraction of sp³-hybridized carbons (Fsp3) is 0.200. The van der Waals surface area contributed by atoms with Gasteiger partial charge in [-0.15, -0.1) is 0 Å². The van der Waals surface area contributed by atoms with Crippen LogP contribution in [0.25, 0.3) is 0 Å². The second-order valence-electron chi connectivity index (χ2n) is 4.01. The molecule has 0 aromatic heterocycles. The Bertz CT molecular complexity index is 494. The number of hydrogen-bond donors (Lipinski definition) is 1. The normalized spacial score (nSPS) is 10.2. The second-order valence-corrected chi connectivity index (χ2v) is 4.01. The van der Waals surface area contributed by atoms with Gasteiger partial charge in [-0.05, 0) is 36.1 Å². The molecule has 2 aromatic carbocycles. The van der Waals surface area contributed by atoms with Gasteiger partial charge in [-0.2, -0.15) is 0 Å². The van der Waals surface area contributed by atoms with Crippen LogP contribution >= 0.6 is 0 Å². The van der Waals surface area contributed by atoms with Crippen LogP contribution in [0.3, 0.4) is 0 Å². The van der Waals surface area contributed by atoms with Gasteiger partial charge in [-0.1, -0.05) is 36.4 Å². The van der Waals surface area contributed by atoms with Crippen LogP contribution < -0.4 is 10.5 Å². The molecule has 0 fully saturated rings. The average Bonchev–Trinajstić information content (AvgIpc) is 2.38. The van der Waals surface area contributed by atoms with Gasteiger partial charge in [0.1, 0.15) is 5.75 Å². The molecular formula is C15H17NO. The number of benzene rings is 2. The van der Waals surface area contributed by atoms with Crippen LogP contribution in [0.2, 0.25) is 0 Å². The first-order chi connectivity index (χ1) is 8.31. The predicted octanol–water partition coefficient (Wildman–Crippen LogP) is 3.06. The van der Waals surface area contributed by atoms with Crippen molar-refractivity contribution < 1.29 is 4.74 Å². The fourth-order valence-electron chi connectivity index (χ4n) is 1.94. The number of aryl methyl sites for hydroxylation is 2. The standard InChI is InChI=1S/C15H17NO/c1-17-15-9-5-3-7-13(15)11-10-12-6-2-4-8-14(12)16/h2-9H,10-11,16H2,1H3. The molecule has 2 nitrogen and oxygen atoms in total. The Labute approximate surface area is 102 Å². The minimum atomic E-state index is 0.863. The first kappa shape index (κ1) is 11.5. The summed E-state index contributed by atoms with van der Waals surface area (Å²) < 4.78 is 5.33. The van der Waals surface area contributed by atoms with Gasteiger partial charge in [-0.25, -0.2) is 0 Å². The highest BCUT2D eigenvalue weighted by Gasteiger charge is 2.03. The summed E-state index contributed by atoms with van der Waals surface area (Å²) in [6.07, 6.45) is 1.88. The molecule has 0 saturated heterocycles. The van der Waals surface area contributed by atoms with Crippen molar-refractivity contribution in [3.8, 4) is 5.75 Å². The van der Waals surface area contributed by atoms with Gasteiger partial charge in [0.05, 0.1) is 7.11 Å². The van der Waals surface area contributed by atoms with E-state index in [2.05, 4.69) is 12.1 Å². The first-order valence-electron chi connectivity index (χ1n) is 5.76. The lowest BCUT2D eigenvalue weighted by Gasteiger charge is -2.09. The van der Waals surface area contributed by atoms with Crippen LogP contribution in [0.15, 0.2) is 48.5 Å². The maximum atomic E-state index is 5.92. The van der Waals surface area contributed by atoms with Gasteiger partial charge in [0.2, 0.25) is 0 Å². The SMILES string of the molecule is COc1ccccc1CCc1ccccc1N. The average molecular weight is 227 g/mol. The Kier molecular flexibility index (Phi) is 3.66. The third-order valence-electron chi connectivity index (χ3n) is 2.91. The van der Waals surface area contributed by atoms with E-state index in [0.29, 0.717) is 0 Å². The predicted molar refractivity (Wildman–Crippen MR) is 71.3 cm³/mol. The zero-order chi connectivity index (χ0) is 12.1. The molecule has 0 aliphatic rings. The van der Waals surface area contributed by atoms with E-state index in [0.717, 1.165) is 24.3 Å². The number of ether oxygens (including phenoxy) is 1. The highest BCUT2D eigenvalue weighted by molar-refractivity contribution is 5.47. The second kappa shape index (κ2) is 5.39. The third kappa shape index (κ3) is 2.78. The van der Waals surface area contributed by atoms with E-state index in [-0.39, 0.29) is 0 Å². The number of nitrogen functional groups attached to an aromatic ring is 1.